The van der Waals surface area contributed by atoms with Gasteiger partial charge in [-0.1, -0.05) is 19.9 Å². The van der Waals surface area contributed by atoms with Crippen molar-refractivity contribution in [3.05, 3.63) is 24.3 Å². The molecule has 1 aromatic rings. The van der Waals surface area contributed by atoms with Crippen LogP contribution < -0.4 is 4.74 Å². The number of hydrogen-bond acceptors (Lipinski definition) is 2. The number of rotatable bonds is 5. The fraction of sp³-hybridized carbons (Fsp3) is 0.462. The van der Waals surface area contributed by atoms with E-state index in [0.717, 1.165) is 24.3 Å². The maximum atomic E-state index is 5.14. The summed E-state index contributed by atoms with van der Waals surface area (Å²) in [5.74, 6) is 1.44. The topological polar surface area (TPSA) is 21.6 Å². The van der Waals surface area contributed by atoms with Crippen LogP contribution in [0.4, 0.5) is 5.69 Å². The van der Waals surface area contributed by atoms with Crippen LogP contribution in [-0.2, 0) is 0 Å². The predicted molar refractivity (Wildman–Crippen MR) is 65.2 cm³/mol. The van der Waals surface area contributed by atoms with Crippen LogP contribution in [0.15, 0.2) is 29.3 Å². The molecule has 0 saturated carbocycles. The highest BCUT2D eigenvalue weighted by atomic mass is 16.5. The van der Waals surface area contributed by atoms with E-state index in [1.54, 1.807) is 7.11 Å². The van der Waals surface area contributed by atoms with Crippen molar-refractivity contribution in [3.8, 4) is 5.75 Å². The standard InChI is InChI=1S/C13H19NO/c1-4-11(5-2)10-14-12-7-6-8-13(9-12)15-3/h6-11H,4-5H2,1-3H3. The van der Waals surface area contributed by atoms with Gasteiger partial charge in [-0.05, 0) is 30.9 Å². The van der Waals surface area contributed by atoms with Crippen molar-refractivity contribution in [2.24, 2.45) is 10.9 Å². The molecule has 82 valence electrons. The highest BCUT2D eigenvalue weighted by molar-refractivity contribution is 5.66. The highest BCUT2D eigenvalue weighted by Crippen LogP contribution is 2.19. The smallest absolute Gasteiger partial charge is 0.121 e. The van der Waals surface area contributed by atoms with E-state index in [4.69, 9.17) is 4.74 Å². The molecule has 0 heterocycles. The van der Waals surface area contributed by atoms with E-state index in [9.17, 15) is 0 Å². The molecule has 0 spiro atoms. The van der Waals surface area contributed by atoms with Crippen LogP contribution >= 0.6 is 0 Å². The van der Waals surface area contributed by atoms with E-state index in [1.807, 2.05) is 30.5 Å². The van der Waals surface area contributed by atoms with Crippen LogP contribution in [0.5, 0.6) is 5.75 Å². The minimum Gasteiger partial charge on any atom is -0.497 e. The Kier molecular flexibility index (Phi) is 4.88. The average molecular weight is 205 g/mol. The Hall–Kier alpha value is -1.31. The molecule has 0 N–H and O–H groups in total. The summed E-state index contributed by atoms with van der Waals surface area (Å²) in [5, 5.41) is 0. The first-order valence-corrected chi connectivity index (χ1v) is 5.48. The van der Waals surface area contributed by atoms with Crippen LogP contribution in [0, 0.1) is 5.92 Å². The van der Waals surface area contributed by atoms with Gasteiger partial charge in [-0.25, -0.2) is 0 Å². The first-order valence-electron chi connectivity index (χ1n) is 5.48. The van der Waals surface area contributed by atoms with Crippen molar-refractivity contribution in [3.63, 3.8) is 0 Å². The molecular weight excluding hydrogens is 186 g/mol. The van der Waals surface area contributed by atoms with Gasteiger partial charge in [0.25, 0.3) is 0 Å². The van der Waals surface area contributed by atoms with Gasteiger partial charge >= 0.3 is 0 Å². The minimum atomic E-state index is 0.580. The lowest BCUT2D eigenvalue weighted by molar-refractivity contribution is 0.415. The van der Waals surface area contributed by atoms with Gasteiger partial charge in [0.1, 0.15) is 5.75 Å². The largest absolute Gasteiger partial charge is 0.497 e. The monoisotopic (exact) mass is 205 g/mol. The van der Waals surface area contributed by atoms with E-state index < -0.39 is 0 Å². The zero-order chi connectivity index (χ0) is 11.1. The lowest BCUT2D eigenvalue weighted by Crippen LogP contribution is -1.96. The Morgan fingerprint density at radius 1 is 1.33 bits per heavy atom. The fourth-order valence-electron chi connectivity index (χ4n) is 1.38. The average Bonchev–Trinajstić information content (AvgIpc) is 2.31. The van der Waals surface area contributed by atoms with E-state index >= 15 is 0 Å². The van der Waals surface area contributed by atoms with Crippen molar-refractivity contribution in [1.29, 1.82) is 0 Å². The molecule has 0 aliphatic carbocycles. The van der Waals surface area contributed by atoms with Crippen molar-refractivity contribution in [2.45, 2.75) is 26.7 Å². The molecule has 1 aromatic carbocycles. The lowest BCUT2D eigenvalue weighted by Gasteiger charge is -2.04. The quantitative estimate of drug-likeness (QED) is 0.669. The molecule has 0 atom stereocenters. The lowest BCUT2D eigenvalue weighted by atomic mass is 10.1. The predicted octanol–water partition coefficient (Wildman–Crippen LogP) is 3.83. The number of aliphatic imine (C=N–C) groups is 1. The Balaban J connectivity index is 2.70. The molecule has 2 nitrogen and oxygen atoms in total. The Morgan fingerprint density at radius 3 is 2.67 bits per heavy atom. The van der Waals surface area contributed by atoms with Crippen molar-refractivity contribution in [1.82, 2.24) is 0 Å². The van der Waals surface area contributed by atoms with Gasteiger partial charge in [0.05, 0.1) is 12.8 Å². The Bertz CT molecular complexity index is 316. The second-order valence-electron chi connectivity index (χ2n) is 3.56. The first-order chi connectivity index (χ1) is 7.30. The Labute approximate surface area is 92.0 Å². The van der Waals surface area contributed by atoms with E-state index in [2.05, 4.69) is 18.8 Å². The van der Waals surface area contributed by atoms with Crippen LogP contribution in [0.1, 0.15) is 26.7 Å². The third kappa shape index (κ3) is 3.74. The van der Waals surface area contributed by atoms with E-state index in [1.165, 1.54) is 0 Å². The third-order valence-electron chi connectivity index (χ3n) is 2.54. The molecule has 0 bridgehead atoms. The van der Waals surface area contributed by atoms with Gasteiger partial charge in [0, 0.05) is 12.3 Å². The number of hydrogen-bond donors (Lipinski definition) is 0. The summed E-state index contributed by atoms with van der Waals surface area (Å²) in [6, 6.07) is 7.81. The Morgan fingerprint density at radius 2 is 2.07 bits per heavy atom. The minimum absolute atomic E-state index is 0.580. The number of methoxy groups -OCH3 is 1. The van der Waals surface area contributed by atoms with Gasteiger partial charge < -0.3 is 4.74 Å². The van der Waals surface area contributed by atoms with Crippen molar-refractivity contribution >= 4 is 11.9 Å². The molecule has 0 unspecified atom stereocenters. The fourth-order valence-corrected chi connectivity index (χ4v) is 1.38. The number of benzene rings is 1. The van der Waals surface area contributed by atoms with Crippen molar-refractivity contribution < 1.29 is 4.74 Å². The van der Waals surface area contributed by atoms with Gasteiger partial charge in [-0.2, -0.15) is 0 Å². The van der Waals surface area contributed by atoms with Crippen LogP contribution in [0.25, 0.3) is 0 Å². The molecular formula is C13H19NO. The van der Waals surface area contributed by atoms with Gasteiger partial charge in [-0.3, -0.25) is 4.99 Å². The summed E-state index contributed by atoms with van der Waals surface area (Å²) in [7, 11) is 1.67. The number of nitrogens with zero attached hydrogens (tertiary/aromatic N) is 1. The number of ether oxygens (including phenoxy) is 1. The molecule has 0 aliphatic heterocycles. The van der Waals surface area contributed by atoms with E-state index in [0.29, 0.717) is 5.92 Å². The molecule has 1 rings (SSSR count). The van der Waals surface area contributed by atoms with Gasteiger partial charge in [0.15, 0.2) is 0 Å². The molecule has 0 fully saturated rings. The maximum absolute atomic E-state index is 5.14. The summed E-state index contributed by atoms with van der Waals surface area (Å²) < 4.78 is 5.14. The van der Waals surface area contributed by atoms with Crippen LogP contribution in [0.3, 0.4) is 0 Å². The summed E-state index contributed by atoms with van der Waals surface area (Å²) in [5.41, 5.74) is 0.959. The first kappa shape index (κ1) is 11.8. The highest BCUT2D eigenvalue weighted by Gasteiger charge is 1.98. The van der Waals surface area contributed by atoms with Gasteiger partial charge in [0.2, 0.25) is 0 Å². The molecule has 0 aliphatic rings. The summed E-state index contributed by atoms with van der Waals surface area (Å²) in [4.78, 5) is 4.45. The van der Waals surface area contributed by atoms with Crippen molar-refractivity contribution in [2.75, 3.05) is 7.11 Å². The van der Waals surface area contributed by atoms with Gasteiger partial charge in [-0.15, -0.1) is 0 Å². The second-order valence-corrected chi connectivity index (χ2v) is 3.56. The SMILES string of the molecule is CCC(C=Nc1cccc(OC)c1)CC. The van der Waals surface area contributed by atoms with Crippen LogP contribution in [-0.4, -0.2) is 13.3 Å². The normalized spacial score (nSPS) is 11.2. The second kappa shape index (κ2) is 6.23. The summed E-state index contributed by atoms with van der Waals surface area (Å²) in [6.07, 6.45) is 4.32. The van der Waals surface area contributed by atoms with E-state index in [-0.39, 0.29) is 0 Å². The maximum Gasteiger partial charge on any atom is 0.121 e. The zero-order valence-corrected chi connectivity index (χ0v) is 9.73. The summed E-state index contributed by atoms with van der Waals surface area (Å²) >= 11 is 0. The molecule has 0 amide bonds. The summed E-state index contributed by atoms with van der Waals surface area (Å²) in [6.45, 7) is 4.37. The zero-order valence-electron chi connectivity index (χ0n) is 9.73. The molecule has 0 aromatic heterocycles. The molecule has 0 radical (unpaired) electrons. The molecule has 2 heteroatoms. The molecule has 15 heavy (non-hydrogen) atoms. The third-order valence-corrected chi connectivity index (χ3v) is 2.54. The molecule has 0 saturated heterocycles. The van der Waals surface area contributed by atoms with Crippen LogP contribution in [0.2, 0.25) is 0 Å².